The summed E-state index contributed by atoms with van der Waals surface area (Å²) in [7, 11) is 0. The molecular weight excluding hydrogens is 489 g/mol. The minimum Gasteiger partial charge on any atom is -0.455 e. The molecule has 0 amide bonds. The van der Waals surface area contributed by atoms with Crippen molar-refractivity contribution in [2.24, 2.45) is 17.3 Å². The normalized spacial score (nSPS) is 36.8. The molecule has 2 aliphatic rings. The second kappa shape index (κ2) is 11.3. The van der Waals surface area contributed by atoms with Crippen LogP contribution in [0.15, 0.2) is 11.2 Å². The summed E-state index contributed by atoms with van der Waals surface area (Å²) in [5.74, 6) is -2.79. The number of ether oxygens (including phenoxy) is 2. The van der Waals surface area contributed by atoms with Crippen molar-refractivity contribution in [2.45, 2.75) is 103 Å². The molecule has 0 spiro atoms. The Balaban J connectivity index is 1.85. The monoisotopic (exact) mass is 527 g/mol. The Hall–Kier alpha value is -1.72. The summed E-state index contributed by atoms with van der Waals surface area (Å²) in [6.07, 6.45) is -0.982. The van der Waals surface area contributed by atoms with Gasteiger partial charge in [0.15, 0.2) is 6.10 Å². The number of thiazole rings is 1. The molecule has 2 saturated heterocycles. The van der Waals surface area contributed by atoms with Crippen molar-refractivity contribution < 1.29 is 38.8 Å². The van der Waals surface area contributed by atoms with E-state index in [9.17, 15) is 24.9 Å². The number of hydrogen-bond acceptors (Lipinski definition) is 9. The van der Waals surface area contributed by atoms with E-state index in [0.717, 1.165) is 6.42 Å². The first-order valence-corrected chi connectivity index (χ1v) is 13.4. The van der Waals surface area contributed by atoms with Gasteiger partial charge in [-0.1, -0.05) is 34.1 Å². The van der Waals surface area contributed by atoms with E-state index in [1.165, 1.54) is 31.3 Å². The van der Waals surface area contributed by atoms with Gasteiger partial charge in [-0.3, -0.25) is 9.59 Å². The Labute approximate surface area is 215 Å². The molecule has 2 fully saturated rings. The van der Waals surface area contributed by atoms with E-state index in [4.69, 9.17) is 9.47 Å². The molecule has 36 heavy (non-hydrogen) atoms. The fraction of sp³-hybridized carbons (Fsp3) is 0.731. The molecule has 0 saturated carbocycles. The fourth-order valence-corrected chi connectivity index (χ4v) is 5.49. The lowest BCUT2D eigenvalue weighted by molar-refractivity contribution is -0.155. The van der Waals surface area contributed by atoms with Crippen LogP contribution in [-0.2, 0) is 25.7 Å². The molecule has 1 aromatic heterocycles. The maximum absolute atomic E-state index is 15.3. The van der Waals surface area contributed by atoms with E-state index >= 15 is 4.39 Å². The van der Waals surface area contributed by atoms with Gasteiger partial charge in [0.05, 0.1) is 48.0 Å². The van der Waals surface area contributed by atoms with Crippen LogP contribution in [0.25, 0.3) is 6.08 Å². The van der Waals surface area contributed by atoms with Crippen LogP contribution in [0.1, 0.15) is 77.4 Å². The van der Waals surface area contributed by atoms with Gasteiger partial charge in [-0.05, 0) is 31.8 Å². The number of carbonyl (C=O) groups is 2. The molecule has 202 valence electrons. The Morgan fingerprint density at radius 3 is 2.61 bits per heavy atom. The Kier molecular flexibility index (Phi) is 9.09. The predicted molar refractivity (Wildman–Crippen MR) is 132 cm³/mol. The second-order valence-corrected chi connectivity index (χ2v) is 11.9. The predicted octanol–water partition coefficient (Wildman–Crippen LogP) is 3.57. The summed E-state index contributed by atoms with van der Waals surface area (Å²) in [4.78, 5) is 30.0. The lowest BCUT2D eigenvalue weighted by atomic mass is 9.73. The van der Waals surface area contributed by atoms with Crippen LogP contribution in [0, 0.1) is 17.3 Å². The van der Waals surface area contributed by atoms with Crippen molar-refractivity contribution in [2.75, 3.05) is 0 Å². The third-order valence-electron chi connectivity index (χ3n) is 7.70. The first-order valence-electron chi connectivity index (χ1n) is 12.5. The third-order valence-corrected chi connectivity index (χ3v) is 8.56. The number of aliphatic hydroxyl groups is 3. The molecule has 0 aliphatic carbocycles. The first kappa shape index (κ1) is 28.8. The first-order chi connectivity index (χ1) is 16.8. The van der Waals surface area contributed by atoms with Gasteiger partial charge in [-0.2, -0.15) is 0 Å². The van der Waals surface area contributed by atoms with Crippen LogP contribution in [0.2, 0.25) is 0 Å². The number of hydrogen-bond donors (Lipinski definition) is 3. The van der Waals surface area contributed by atoms with E-state index in [2.05, 4.69) is 4.98 Å². The number of rotatable bonds is 3. The van der Waals surface area contributed by atoms with Gasteiger partial charge in [0, 0.05) is 17.7 Å². The van der Waals surface area contributed by atoms with Gasteiger partial charge in [0.25, 0.3) is 0 Å². The van der Waals surface area contributed by atoms with Crippen molar-refractivity contribution >= 4 is 29.2 Å². The maximum Gasteiger partial charge on any atom is 0.309 e. The van der Waals surface area contributed by atoms with Gasteiger partial charge in [-0.15, -0.1) is 11.3 Å². The molecule has 0 aromatic carbocycles. The van der Waals surface area contributed by atoms with Crippen molar-refractivity contribution in [1.29, 1.82) is 0 Å². The average Bonchev–Trinajstić information content (AvgIpc) is 3.23. The van der Waals surface area contributed by atoms with Gasteiger partial charge >= 0.3 is 5.97 Å². The summed E-state index contributed by atoms with van der Waals surface area (Å²) in [5, 5.41) is 32.8. The molecule has 1 aromatic rings. The zero-order chi connectivity index (χ0) is 26.8. The minimum atomic E-state index is -1.38. The van der Waals surface area contributed by atoms with Gasteiger partial charge < -0.3 is 24.8 Å². The standard InChI is InChI=1S/C26H38FNO7S/c1-14-7-6-8-26(5)20(35-26)10-18(17(27)9-16-13-36-21(12-29)28-16)34-22(31)11-19(30)25(3,4)24(33)15(2)23(14)32/h9,13-15,18-20,23,29-30,32H,6-8,10-12H2,1-5H3. The van der Waals surface area contributed by atoms with Gasteiger partial charge in [0.1, 0.15) is 16.6 Å². The van der Waals surface area contributed by atoms with Crippen LogP contribution in [0.4, 0.5) is 4.39 Å². The number of aliphatic hydroxyl groups excluding tert-OH is 3. The number of carbonyl (C=O) groups excluding carboxylic acids is 2. The molecule has 3 heterocycles. The number of halogens is 1. The summed E-state index contributed by atoms with van der Waals surface area (Å²) < 4.78 is 26.7. The topological polar surface area (TPSA) is 129 Å². The number of esters is 1. The Morgan fingerprint density at radius 2 is 1.97 bits per heavy atom. The SMILES string of the molecule is CC1CCCC2(C)OC2CC(C(F)=Cc2csc(CO)n2)OC(=O)CC(O)C(C)(C)C(=O)C(C)C1O. The van der Waals surface area contributed by atoms with Gasteiger partial charge in [-0.25, -0.2) is 9.37 Å². The lowest BCUT2D eigenvalue weighted by Crippen LogP contribution is -2.45. The number of aromatic nitrogens is 1. The Bertz CT molecular complexity index is 979. The second-order valence-electron chi connectivity index (χ2n) is 10.9. The summed E-state index contributed by atoms with van der Waals surface area (Å²) >= 11 is 1.19. The van der Waals surface area contributed by atoms with Crippen molar-refractivity contribution in [1.82, 2.24) is 4.98 Å². The van der Waals surface area contributed by atoms with E-state index in [0.29, 0.717) is 23.5 Å². The zero-order valence-electron chi connectivity index (χ0n) is 21.6. The highest BCUT2D eigenvalue weighted by molar-refractivity contribution is 7.09. The number of Topliss-reactive ketones (excluding diaryl/α,β-unsaturated/α-hetero) is 1. The minimum absolute atomic E-state index is 0.0925. The third kappa shape index (κ3) is 6.58. The van der Waals surface area contributed by atoms with E-state index in [1.54, 1.807) is 12.3 Å². The van der Waals surface area contributed by atoms with Crippen LogP contribution in [0.3, 0.4) is 0 Å². The number of ketones is 1. The zero-order valence-corrected chi connectivity index (χ0v) is 22.4. The molecule has 8 nitrogen and oxygen atoms in total. The van der Waals surface area contributed by atoms with E-state index < -0.39 is 53.5 Å². The molecular formula is C26H38FNO7S. The molecule has 0 radical (unpaired) electrons. The highest BCUT2D eigenvalue weighted by Gasteiger charge is 2.53. The lowest BCUT2D eigenvalue weighted by Gasteiger charge is -2.34. The summed E-state index contributed by atoms with van der Waals surface area (Å²) in [6.45, 7) is 8.27. The van der Waals surface area contributed by atoms with Crippen molar-refractivity contribution in [3.63, 3.8) is 0 Å². The number of cyclic esters (lactones) is 1. The van der Waals surface area contributed by atoms with E-state index in [1.807, 2.05) is 13.8 Å². The van der Waals surface area contributed by atoms with Crippen LogP contribution >= 0.6 is 11.3 Å². The fourth-order valence-electron chi connectivity index (χ4n) is 4.88. The highest BCUT2D eigenvalue weighted by atomic mass is 32.1. The average molecular weight is 528 g/mol. The molecule has 3 N–H and O–H groups in total. The maximum atomic E-state index is 15.3. The molecule has 2 aliphatic heterocycles. The van der Waals surface area contributed by atoms with Crippen molar-refractivity contribution in [3.05, 3.63) is 21.9 Å². The van der Waals surface area contributed by atoms with Crippen LogP contribution < -0.4 is 0 Å². The van der Waals surface area contributed by atoms with Crippen LogP contribution in [0.5, 0.6) is 0 Å². The summed E-state index contributed by atoms with van der Waals surface area (Å²) in [6, 6.07) is 0. The van der Waals surface area contributed by atoms with Crippen LogP contribution in [-0.4, -0.2) is 62.1 Å². The quantitative estimate of drug-likeness (QED) is 0.402. The molecule has 7 atom stereocenters. The number of epoxide rings is 1. The molecule has 10 heteroatoms. The Morgan fingerprint density at radius 1 is 1.28 bits per heavy atom. The largest absolute Gasteiger partial charge is 0.455 e. The highest BCUT2D eigenvalue weighted by Crippen LogP contribution is 2.45. The van der Waals surface area contributed by atoms with Gasteiger partial charge in [0.2, 0.25) is 0 Å². The van der Waals surface area contributed by atoms with Crippen molar-refractivity contribution in [3.8, 4) is 0 Å². The molecule has 0 bridgehead atoms. The number of fused-ring (bicyclic) bond motifs is 1. The molecule has 3 rings (SSSR count). The smallest absolute Gasteiger partial charge is 0.309 e. The molecule has 7 unspecified atom stereocenters. The van der Waals surface area contributed by atoms with E-state index in [-0.39, 0.29) is 30.8 Å². The number of nitrogens with zero attached hydrogens (tertiary/aromatic N) is 1. The summed E-state index contributed by atoms with van der Waals surface area (Å²) in [5.41, 5.74) is -1.52.